The number of halogens is 1. The van der Waals surface area contributed by atoms with Gasteiger partial charge in [-0.1, -0.05) is 59.2 Å². The molecule has 4 aliphatic heterocycles. The number of amides is 1. The topological polar surface area (TPSA) is 359 Å². The number of aliphatic hydroxyl groups excluding tert-OH is 4. The van der Waals surface area contributed by atoms with Gasteiger partial charge in [0.25, 0.3) is 0 Å². The van der Waals surface area contributed by atoms with Gasteiger partial charge in [-0.3, -0.25) is 19.7 Å². The van der Waals surface area contributed by atoms with E-state index in [-0.39, 0.29) is 81.5 Å². The molecule has 4 fully saturated rings. The van der Waals surface area contributed by atoms with Gasteiger partial charge in [-0.05, 0) is 97.5 Å². The van der Waals surface area contributed by atoms with E-state index < -0.39 is 139 Å². The van der Waals surface area contributed by atoms with Gasteiger partial charge < -0.3 is 92.8 Å². The number of alkyl carbamates (subject to hydrolysis) is 1. The van der Waals surface area contributed by atoms with E-state index in [1.165, 1.54) is 51.8 Å². The minimum Gasteiger partial charge on any atom is -0.492 e. The summed E-state index contributed by atoms with van der Waals surface area (Å²) in [5, 5.41) is 72.9. The molecule has 91 heavy (non-hydrogen) atoms. The zero-order chi connectivity index (χ0) is 66.0. The summed E-state index contributed by atoms with van der Waals surface area (Å²) in [4.78, 5) is 64.1. The van der Waals surface area contributed by atoms with Crippen molar-refractivity contribution in [2.24, 2.45) is 0 Å². The number of aromatic carboxylic acids is 1. The highest BCUT2D eigenvalue weighted by Crippen LogP contribution is 2.49. The van der Waals surface area contributed by atoms with Gasteiger partial charge in [-0.15, -0.1) is 0 Å². The van der Waals surface area contributed by atoms with Crippen molar-refractivity contribution in [3.8, 4) is 40.9 Å². The number of fused-ring (bicyclic) bond motifs is 2. The van der Waals surface area contributed by atoms with Crippen molar-refractivity contribution in [1.29, 1.82) is 0 Å². The Morgan fingerprint density at radius 3 is 2.31 bits per heavy atom. The molecule has 498 valence electrons. The van der Waals surface area contributed by atoms with E-state index in [9.17, 15) is 49.8 Å². The van der Waals surface area contributed by atoms with E-state index in [1.54, 1.807) is 40.9 Å². The average molecular weight is 1440 g/mol. The number of hydroxylamine groups is 1. The van der Waals surface area contributed by atoms with Crippen LogP contribution in [0.2, 0.25) is 0 Å². The van der Waals surface area contributed by atoms with Gasteiger partial charge in [-0.2, -0.15) is 5.48 Å². The molecule has 1 aromatic carbocycles. The molecule has 5 heterocycles. The molecule has 31 heteroatoms. The number of hydrogen-bond donors (Lipinski definition) is 9. The predicted molar refractivity (Wildman–Crippen MR) is 336 cm³/mol. The first kappa shape index (κ1) is 72.2. The van der Waals surface area contributed by atoms with Crippen LogP contribution in [0.1, 0.15) is 73.2 Å². The third kappa shape index (κ3) is 16.5. The Hall–Kier alpha value is -4.67. The molecule has 0 unspecified atom stereocenters. The quantitative estimate of drug-likeness (QED) is 0.0254. The molecule has 1 amide bonds. The van der Waals surface area contributed by atoms with E-state index in [0.29, 0.717) is 15.7 Å². The first-order valence-electron chi connectivity index (χ1n) is 28.9. The van der Waals surface area contributed by atoms with Crippen LogP contribution in [0.25, 0.3) is 0 Å². The third-order valence-corrected chi connectivity index (χ3v) is 20.6. The van der Waals surface area contributed by atoms with Crippen LogP contribution in [0.4, 0.5) is 4.79 Å². The number of aromatic nitrogens is 1. The molecule has 1 aromatic heterocycles. The van der Waals surface area contributed by atoms with Crippen molar-refractivity contribution >= 4 is 78.9 Å². The number of likely N-dealkylation sites (N-methyl/N-ethyl adjacent to an activating group) is 1. The lowest BCUT2D eigenvalue weighted by atomic mass is 9.75. The molecule has 19 atom stereocenters. The summed E-state index contributed by atoms with van der Waals surface area (Å²) < 4.78 is 72.6. The fraction of sp³-hybridized carbons (Fsp3) is 0.583. The van der Waals surface area contributed by atoms with Crippen molar-refractivity contribution in [3.05, 3.63) is 73.7 Å². The van der Waals surface area contributed by atoms with Gasteiger partial charge in [0.15, 0.2) is 41.8 Å². The molecule has 8 rings (SSSR count). The molecular weight excluding hydrogens is 1370 g/mol. The average Bonchev–Trinajstić information content (AvgIpc) is 0.772. The highest BCUT2D eigenvalue weighted by molar-refractivity contribution is 14.1. The molecule has 27 nitrogen and oxygen atoms in total. The second kappa shape index (κ2) is 32.6. The Morgan fingerprint density at radius 2 is 1.63 bits per heavy atom. The van der Waals surface area contributed by atoms with E-state index in [4.69, 9.17) is 61.7 Å². The number of rotatable bonds is 23. The highest BCUT2D eigenvalue weighted by atomic mass is 127. The number of ketones is 1. The lowest BCUT2D eigenvalue weighted by Gasteiger charge is -2.46. The first-order chi connectivity index (χ1) is 43.5. The number of carboxylic acid groups (broad SMARTS) is 1. The number of aliphatic hydroxyl groups is 5. The molecule has 2 aromatic rings. The number of pyridine rings is 1. The number of nitrogens with zero attached hydrogens (tertiary/aromatic N) is 1. The number of Topliss-reactive ketones (excluding diaryl/α,β-unsaturated/α-hetero) is 1. The Kier molecular flexibility index (Phi) is 25.9. The fourth-order valence-electron chi connectivity index (χ4n) is 11.1. The maximum Gasteiger partial charge on any atom is 0.411 e. The van der Waals surface area contributed by atoms with Crippen LogP contribution in [-0.4, -0.2) is 228 Å². The maximum absolute atomic E-state index is 14.5. The van der Waals surface area contributed by atoms with Gasteiger partial charge in [0.2, 0.25) is 17.2 Å². The summed E-state index contributed by atoms with van der Waals surface area (Å²) in [7, 11) is 8.90. The van der Waals surface area contributed by atoms with Crippen LogP contribution in [0.3, 0.4) is 0 Å². The zero-order valence-electron chi connectivity index (χ0n) is 51.3. The molecule has 0 saturated carbocycles. The Morgan fingerprint density at radius 1 is 0.890 bits per heavy atom. The number of thioether (sulfide) groups is 1. The summed E-state index contributed by atoms with van der Waals surface area (Å²) in [5.74, 6) is 9.56. The summed E-state index contributed by atoms with van der Waals surface area (Å²) in [6.07, 6.45) is -13.5. The number of methoxy groups -OCH3 is 5. The Labute approximate surface area is 551 Å². The van der Waals surface area contributed by atoms with Gasteiger partial charge in [0.05, 0.1) is 103 Å². The molecule has 4 saturated heterocycles. The minimum absolute atomic E-state index is 0.00132. The van der Waals surface area contributed by atoms with E-state index in [2.05, 4.69) is 44.8 Å². The van der Waals surface area contributed by atoms with Crippen LogP contribution < -0.4 is 30.3 Å². The number of ether oxygens (including phenoxy) is 12. The normalized spacial score (nSPS) is 33.6. The number of carboxylic acids is 1. The minimum atomic E-state index is -2.21. The van der Waals surface area contributed by atoms with Gasteiger partial charge in [0, 0.05) is 50.2 Å². The van der Waals surface area contributed by atoms with Gasteiger partial charge in [-0.25, -0.2) is 14.6 Å². The second-order valence-electron chi connectivity index (χ2n) is 21.6. The number of carbonyl (C=O) groups is 4. The summed E-state index contributed by atoms with van der Waals surface area (Å²) in [6, 6.07) is 1.54. The standard InChI is InChI=1S/C60H75IN4O23S3/c1-11-62-33-26-81-38(24-37(33)76-6)86-51-46(69)43(65-88-39-23-34(66)53(30(5)82-39)90-56(73)40-27(2)42(61)49(52(79-9)48(40)77-7)87-57-47(70)50(78-8)45(68)29(4)84-57)28(3)83-58(51)85-36-18-14-12-13-15-20-60(75)25-35(67)44(64-59(74)80-10)41(36)32(60)19-22-89-91-54-31(55(71)72)17-16-21-63-54/h12-13,16-17,19,21,28-30,33-34,36-39,43,45-47,50-51,53,57-58,62,65-66,68-70,75H,11,22-26H2,1-10H3,(H,64,74)(H,71,72)/b13-12?,32-19+/t28-,29+,30-,33+,34+,36+,37+,38+,39+,43-,45+,46+,47-,50-,51-,53-,57+,58+,60+/m1/s1. The fourth-order valence-corrected chi connectivity index (χ4v) is 14.8. The van der Waals surface area contributed by atoms with Crippen molar-refractivity contribution < 1.29 is 111 Å². The van der Waals surface area contributed by atoms with Crippen molar-refractivity contribution in [2.45, 2.75) is 174 Å². The summed E-state index contributed by atoms with van der Waals surface area (Å²) >= 11 is 2.79. The molecule has 6 aliphatic rings. The van der Waals surface area contributed by atoms with Crippen LogP contribution in [0, 0.1) is 34.2 Å². The van der Waals surface area contributed by atoms with E-state index in [1.807, 2.05) is 29.5 Å². The number of nitrogens with one attached hydrogen (secondary N) is 3. The number of allylic oxidation sites excluding steroid dienone is 3. The van der Waals surface area contributed by atoms with Gasteiger partial charge in [0.1, 0.15) is 41.6 Å². The second-order valence-corrected chi connectivity index (χ2v) is 26.1. The van der Waals surface area contributed by atoms with Gasteiger partial charge >= 0.3 is 12.1 Å². The smallest absolute Gasteiger partial charge is 0.411 e. The van der Waals surface area contributed by atoms with Crippen LogP contribution in [0.5, 0.6) is 17.2 Å². The molecule has 9 N–H and O–H groups in total. The Balaban J connectivity index is 1.03. The van der Waals surface area contributed by atoms with Crippen LogP contribution in [0.15, 0.2) is 58.4 Å². The van der Waals surface area contributed by atoms with Crippen LogP contribution in [-0.2, 0) is 52.3 Å². The van der Waals surface area contributed by atoms with E-state index in [0.717, 1.165) is 40.5 Å². The monoisotopic (exact) mass is 1440 g/mol. The first-order valence-corrected chi connectivity index (χ1v) is 33.2. The van der Waals surface area contributed by atoms with Crippen molar-refractivity contribution in [1.82, 2.24) is 21.1 Å². The molecule has 2 bridgehead atoms. The highest BCUT2D eigenvalue weighted by Gasteiger charge is 2.52. The number of hydrogen-bond acceptors (Lipinski definition) is 28. The molecule has 0 radical (unpaired) electrons. The number of benzene rings is 1. The van der Waals surface area contributed by atoms with Crippen molar-refractivity contribution in [3.63, 3.8) is 0 Å². The van der Waals surface area contributed by atoms with Crippen molar-refractivity contribution in [2.75, 3.05) is 54.5 Å². The molecule has 0 spiro atoms. The SMILES string of the molecule is CCN[C@H]1CO[C@@H](O[C@H]2[C@H](O[C@H]3C#CC=CC#C[C@]4(O)CC(=O)C(NC(=O)OC)=C3/C4=C\CSSc3ncccc3C(=O)O)O[C@H](C)[C@@H](NO[C@H]3C[C@H](O)[C@H](SC(=O)c4c(C)c(I)c(O[C@@H]5O[C@@H](C)[C@H](O)[C@@H](OC)[C@H]5O)c(OC)c4OC)[C@@H](C)O3)[C@@H]2O)C[C@@H]1OC. The molecular formula is C60H75IN4O23S3. The lowest BCUT2D eigenvalue weighted by Crippen LogP contribution is -2.65. The summed E-state index contributed by atoms with van der Waals surface area (Å²) in [6.45, 7) is 9.24. The molecule has 2 aliphatic carbocycles. The third-order valence-electron chi connectivity index (χ3n) is 15.8. The Bertz CT molecular complexity index is 3180. The summed E-state index contributed by atoms with van der Waals surface area (Å²) in [5.41, 5.74) is 0.681. The zero-order valence-corrected chi connectivity index (χ0v) is 55.9. The number of carbonyl (C=O) groups excluding carboxylic acids is 3. The van der Waals surface area contributed by atoms with E-state index >= 15 is 0 Å². The lowest BCUT2D eigenvalue weighted by molar-refractivity contribution is -0.336. The largest absolute Gasteiger partial charge is 0.492 e. The predicted octanol–water partition coefficient (Wildman–Crippen LogP) is 3.07. The maximum atomic E-state index is 14.5. The van der Waals surface area contributed by atoms with Crippen LogP contribution >= 0.6 is 55.9 Å².